The van der Waals surface area contributed by atoms with Gasteiger partial charge in [0.05, 0.1) is 21.0 Å². The summed E-state index contributed by atoms with van der Waals surface area (Å²) in [6.45, 7) is 0.620. The number of primary amides is 1. The quantitative estimate of drug-likeness (QED) is 0.799. The van der Waals surface area contributed by atoms with Gasteiger partial charge in [-0.3, -0.25) is 4.21 Å². The van der Waals surface area contributed by atoms with Gasteiger partial charge in [0, 0.05) is 29.7 Å². The van der Waals surface area contributed by atoms with Crippen molar-refractivity contribution in [3.8, 4) is 0 Å². The number of rotatable bonds is 6. The molecule has 2 rings (SSSR count). The maximum Gasteiger partial charge on any atom is 0.314 e. The van der Waals surface area contributed by atoms with Gasteiger partial charge in [0.1, 0.15) is 0 Å². The number of carbonyl (C=O) groups is 1. The van der Waals surface area contributed by atoms with Crippen LogP contribution in [0.5, 0.6) is 0 Å². The van der Waals surface area contributed by atoms with Crippen molar-refractivity contribution in [1.82, 2.24) is 9.88 Å². The first kappa shape index (κ1) is 16.5. The Kier molecular flexibility index (Phi) is 5.80. The van der Waals surface area contributed by atoms with Gasteiger partial charge in [0.15, 0.2) is 4.34 Å². The minimum Gasteiger partial charge on any atom is -0.351 e. The van der Waals surface area contributed by atoms with Gasteiger partial charge in [-0.25, -0.2) is 9.78 Å². The van der Waals surface area contributed by atoms with Crippen LogP contribution in [-0.4, -0.2) is 44.8 Å². The fourth-order valence-corrected chi connectivity index (χ4v) is 4.39. The lowest BCUT2D eigenvalue weighted by Gasteiger charge is -2.18. The number of hydrogen-bond acceptors (Lipinski definition) is 4. The molecule has 0 saturated carbocycles. The molecule has 9 heteroatoms. The molecule has 114 valence electrons. The van der Waals surface area contributed by atoms with E-state index < -0.39 is 16.8 Å². The lowest BCUT2D eigenvalue weighted by atomic mass is 10.3. The van der Waals surface area contributed by atoms with Gasteiger partial charge >= 0.3 is 6.03 Å². The first-order valence-corrected chi connectivity index (χ1v) is 9.11. The van der Waals surface area contributed by atoms with E-state index in [1.165, 1.54) is 16.2 Å². The summed E-state index contributed by atoms with van der Waals surface area (Å²) in [5.74, 6) is 0.558. The second-order valence-corrected chi connectivity index (χ2v) is 7.75. The summed E-state index contributed by atoms with van der Waals surface area (Å²) in [6, 6.07) is 4.78. The molecule has 1 unspecified atom stereocenters. The van der Waals surface area contributed by atoms with E-state index in [1.807, 2.05) is 6.07 Å². The summed E-state index contributed by atoms with van der Waals surface area (Å²) in [5, 5.41) is 0.590. The van der Waals surface area contributed by atoms with Crippen molar-refractivity contribution in [1.29, 1.82) is 0 Å². The molecule has 2 N–H and O–H groups in total. The van der Waals surface area contributed by atoms with Crippen LogP contribution in [0.2, 0.25) is 5.02 Å². The lowest BCUT2D eigenvalue weighted by molar-refractivity contribution is 0.214. The second-order valence-electron chi connectivity index (χ2n) is 4.16. The smallest absolute Gasteiger partial charge is 0.314 e. The monoisotopic (exact) mass is 365 g/mol. The molecule has 1 heterocycles. The van der Waals surface area contributed by atoms with E-state index >= 15 is 0 Å². The normalized spacial score (nSPS) is 12.5. The Balaban J connectivity index is 2.06. The summed E-state index contributed by atoms with van der Waals surface area (Å²) in [7, 11) is -1.29. The highest BCUT2D eigenvalue weighted by Crippen LogP contribution is 2.26. The molecule has 0 bridgehead atoms. The predicted octanol–water partition coefficient (Wildman–Crippen LogP) is 2.68. The van der Waals surface area contributed by atoms with E-state index in [0.717, 1.165) is 10.2 Å². The number of hydrogen-bond donors (Lipinski definition) is 1. The fraction of sp³-hybridized carbons (Fsp3) is 0.333. The lowest BCUT2D eigenvalue weighted by Crippen LogP contribution is -2.39. The number of benzene rings is 1. The zero-order valence-electron chi connectivity index (χ0n) is 10.9. The third-order valence-electron chi connectivity index (χ3n) is 2.74. The van der Waals surface area contributed by atoms with E-state index in [4.69, 9.17) is 28.9 Å². The predicted molar refractivity (Wildman–Crippen MR) is 87.8 cm³/mol. The number of alkyl halides is 1. The molecular formula is C12H13Cl2N3O2S2. The van der Waals surface area contributed by atoms with Crippen LogP contribution in [0.15, 0.2) is 22.5 Å². The molecule has 21 heavy (non-hydrogen) atoms. The number of amides is 2. The molecule has 0 saturated heterocycles. The number of nitrogens with zero attached hydrogens (tertiary/aromatic N) is 2. The van der Waals surface area contributed by atoms with Gasteiger partial charge in [0.25, 0.3) is 0 Å². The molecule has 2 aromatic rings. The largest absolute Gasteiger partial charge is 0.351 e. The van der Waals surface area contributed by atoms with Gasteiger partial charge in [-0.15, -0.1) is 22.9 Å². The third-order valence-corrected chi connectivity index (χ3v) is 5.81. The zero-order valence-corrected chi connectivity index (χ0v) is 14.1. The number of fused-ring (bicyclic) bond motifs is 1. The molecule has 0 radical (unpaired) electrons. The van der Waals surface area contributed by atoms with E-state index in [-0.39, 0.29) is 18.2 Å². The van der Waals surface area contributed by atoms with Crippen LogP contribution < -0.4 is 5.73 Å². The maximum atomic E-state index is 12.2. The van der Waals surface area contributed by atoms with Crippen molar-refractivity contribution in [2.24, 2.45) is 5.73 Å². The Morgan fingerprint density at radius 3 is 2.86 bits per heavy atom. The van der Waals surface area contributed by atoms with Crippen LogP contribution in [0.4, 0.5) is 4.79 Å². The topological polar surface area (TPSA) is 76.3 Å². The summed E-state index contributed by atoms with van der Waals surface area (Å²) in [6.07, 6.45) is 0. The van der Waals surface area contributed by atoms with Crippen LogP contribution in [0.1, 0.15) is 0 Å². The first-order valence-electron chi connectivity index (χ1n) is 6.06. The maximum absolute atomic E-state index is 12.2. The van der Waals surface area contributed by atoms with Crippen molar-refractivity contribution in [3.05, 3.63) is 23.2 Å². The molecule has 2 amide bonds. The Morgan fingerprint density at radius 1 is 1.43 bits per heavy atom. The highest BCUT2D eigenvalue weighted by molar-refractivity contribution is 7.87. The highest BCUT2D eigenvalue weighted by atomic mass is 35.5. The summed E-state index contributed by atoms with van der Waals surface area (Å²) in [5.41, 5.74) is 5.95. The molecule has 5 nitrogen and oxygen atoms in total. The van der Waals surface area contributed by atoms with E-state index in [9.17, 15) is 9.00 Å². The van der Waals surface area contributed by atoms with Crippen LogP contribution in [0, 0.1) is 0 Å². The van der Waals surface area contributed by atoms with E-state index in [1.54, 1.807) is 12.1 Å². The van der Waals surface area contributed by atoms with Crippen molar-refractivity contribution in [2.75, 3.05) is 24.7 Å². The van der Waals surface area contributed by atoms with Crippen LogP contribution in [0.25, 0.3) is 10.2 Å². The Hall–Kier alpha value is -0.890. The Morgan fingerprint density at radius 2 is 2.19 bits per heavy atom. The van der Waals surface area contributed by atoms with Gasteiger partial charge in [-0.05, 0) is 18.2 Å². The average Bonchev–Trinajstić information content (AvgIpc) is 2.85. The van der Waals surface area contributed by atoms with Crippen molar-refractivity contribution < 1.29 is 9.00 Å². The SMILES string of the molecule is NC(=O)N(CCCl)CCS(=O)c1nc2cc(Cl)ccc2s1. The molecule has 1 atom stereocenters. The Bertz CT molecular complexity index is 678. The number of nitrogens with two attached hydrogens (primary N) is 1. The fourth-order valence-electron chi connectivity index (χ4n) is 1.69. The van der Waals surface area contributed by atoms with E-state index in [2.05, 4.69) is 4.98 Å². The molecule has 1 aromatic heterocycles. The number of carbonyl (C=O) groups excluding carboxylic acids is 1. The number of urea groups is 1. The average molecular weight is 366 g/mol. The van der Waals surface area contributed by atoms with Gasteiger partial charge in [-0.2, -0.15) is 0 Å². The standard InChI is InChI=1S/C12H13Cl2N3O2S2/c13-3-4-17(11(15)18)5-6-21(19)12-16-9-7-8(14)1-2-10(9)20-12/h1-2,7H,3-6H2,(H2,15,18). The minimum absolute atomic E-state index is 0.271. The molecule has 1 aromatic carbocycles. The van der Waals surface area contributed by atoms with Crippen LogP contribution >= 0.6 is 34.5 Å². The van der Waals surface area contributed by atoms with Crippen molar-refractivity contribution >= 4 is 61.6 Å². The van der Waals surface area contributed by atoms with Gasteiger partial charge in [0.2, 0.25) is 0 Å². The minimum atomic E-state index is -1.29. The number of halogens is 2. The molecule has 0 spiro atoms. The van der Waals surface area contributed by atoms with Gasteiger partial charge < -0.3 is 10.6 Å². The highest BCUT2D eigenvalue weighted by Gasteiger charge is 2.15. The summed E-state index contributed by atoms with van der Waals surface area (Å²) >= 11 is 12.8. The number of thiazole rings is 1. The Labute approximate surface area is 138 Å². The third kappa shape index (κ3) is 4.29. The first-order chi connectivity index (χ1) is 10.0. The van der Waals surface area contributed by atoms with Gasteiger partial charge in [-0.1, -0.05) is 11.6 Å². The van der Waals surface area contributed by atoms with Crippen molar-refractivity contribution in [3.63, 3.8) is 0 Å². The van der Waals surface area contributed by atoms with Crippen molar-refractivity contribution in [2.45, 2.75) is 4.34 Å². The van der Waals surface area contributed by atoms with Crippen LogP contribution in [0.3, 0.4) is 0 Å². The zero-order chi connectivity index (χ0) is 15.4. The second kappa shape index (κ2) is 7.40. The van der Waals surface area contributed by atoms with E-state index in [0.29, 0.717) is 15.9 Å². The summed E-state index contributed by atoms with van der Waals surface area (Å²) < 4.78 is 13.7. The molecule has 0 aliphatic carbocycles. The molecule has 0 aliphatic heterocycles. The summed E-state index contributed by atoms with van der Waals surface area (Å²) in [4.78, 5) is 16.9. The molecular weight excluding hydrogens is 353 g/mol. The molecule has 0 fully saturated rings. The molecule has 0 aliphatic rings. The van der Waals surface area contributed by atoms with Crippen LogP contribution in [-0.2, 0) is 10.8 Å². The number of aromatic nitrogens is 1.